The van der Waals surface area contributed by atoms with Gasteiger partial charge in [0.25, 0.3) is 0 Å². The fraction of sp³-hybridized carbons (Fsp3) is 0.200. The highest BCUT2D eigenvalue weighted by atomic mass is 19.4. The highest BCUT2D eigenvalue weighted by Crippen LogP contribution is 2.30. The van der Waals surface area contributed by atoms with E-state index in [4.69, 9.17) is 5.73 Å². The van der Waals surface area contributed by atoms with Gasteiger partial charge in [0, 0.05) is 0 Å². The van der Waals surface area contributed by atoms with Crippen LogP contribution in [0.1, 0.15) is 5.76 Å². The maximum Gasteiger partial charge on any atom is 0.449 e. The quantitative estimate of drug-likeness (QED) is 0.611. The summed E-state index contributed by atoms with van der Waals surface area (Å²) in [5.41, 5.74) is 4.85. The lowest BCUT2D eigenvalue weighted by molar-refractivity contribution is -0.152. The Hall–Kier alpha value is -1.13. The Kier molecular flexibility index (Phi) is 1.35. The zero-order chi connectivity index (χ0) is 7.78. The molecule has 0 fully saturated rings. The van der Waals surface area contributed by atoms with E-state index in [0.29, 0.717) is 6.07 Å². The van der Waals surface area contributed by atoms with Crippen LogP contribution in [-0.4, -0.2) is 0 Å². The second-order valence-corrected chi connectivity index (χ2v) is 1.62. The summed E-state index contributed by atoms with van der Waals surface area (Å²) in [6, 6.07) is 2.73. The molecule has 1 radical (unpaired) electrons. The SMILES string of the molecule is Nc1[c]cc(C(F)(F)F)o1. The molecule has 1 rings (SSSR count). The van der Waals surface area contributed by atoms with Gasteiger partial charge < -0.3 is 10.2 Å². The summed E-state index contributed by atoms with van der Waals surface area (Å²) in [6.45, 7) is 0. The fourth-order valence-electron chi connectivity index (χ4n) is 0.454. The molecule has 0 unspecified atom stereocenters. The molecule has 0 saturated heterocycles. The minimum absolute atomic E-state index is 0.354. The molecule has 0 atom stereocenters. The number of rotatable bonds is 0. The molecule has 0 saturated carbocycles. The van der Waals surface area contributed by atoms with Crippen molar-refractivity contribution in [1.29, 1.82) is 0 Å². The number of hydrogen-bond donors (Lipinski definition) is 1. The molecule has 10 heavy (non-hydrogen) atoms. The van der Waals surface area contributed by atoms with Gasteiger partial charge in [-0.05, 0) is 6.07 Å². The second kappa shape index (κ2) is 1.93. The van der Waals surface area contributed by atoms with Crippen molar-refractivity contribution in [3.05, 3.63) is 17.9 Å². The maximum absolute atomic E-state index is 11.6. The van der Waals surface area contributed by atoms with Crippen molar-refractivity contribution in [3.63, 3.8) is 0 Å². The number of hydrogen-bond acceptors (Lipinski definition) is 2. The molecule has 0 amide bonds. The van der Waals surface area contributed by atoms with Gasteiger partial charge in [0.05, 0.1) is 6.07 Å². The molecule has 55 valence electrons. The fourth-order valence-corrected chi connectivity index (χ4v) is 0.454. The van der Waals surface area contributed by atoms with Crippen LogP contribution in [0.25, 0.3) is 0 Å². The molecule has 0 aromatic carbocycles. The van der Waals surface area contributed by atoms with Crippen LogP contribution in [0.5, 0.6) is 0 Å². The van der Waals surface area contributed by atoms with Crippen LogP contribution < -0.4 is 5.73 Å². The van der Waals surface area contributed by atoms with Crippen LogP contribution >= 0.6 is 0 Å². The molecular weight excluding hydrogens is 147 g/mol. The molecule has 0 aliphatic carbocycles. The lowest BCUT2D eigenvalue weighted by atomic mass is 10.4. The smallest absolute Gasteiger partial charge is 0.436 e. The van der Waals surface area contributed by atoms with Gasteiger partial charge in [0.2, 0.25) is 5.76 Å². The predicted molar refractivity (Wildman–Crippen MR) is 27.0 cm³/mol. The number of nitrogens with two attached hydrogens (primary N) is 1. The van der Waals surface area contributed by atoms with Gasteiger partial charge in [0.15, 0.2) is 5.88 Å². The van der Waals surface area contributed by atoms with Gasteiger partial charge in [-0.2, -0.15) is 13.2 Å². The normalized spacial score (nSPS) is 11.9. The zero-order valence-electron chi connectivity index (χ0n) is 4.70. The maximum atomic E-state index is 11.6. The first-order chi connectivity index (χ1) is 4.50. The Bertz CT molecular complexity index is 227. The van der Waals surface area contributed by atoms with E-state index < -0.39 is 11.9 Å². The minimum Gasteiger partial charge on any atom is -0.436 e. The van der Waals surface area contributed by atoms with Crippen molar-refractivity contribution in [2.45, 2.75) is 6.18 Å². The first-order valence-corrected chi connectivity index (χ1v) is 2.34. The molecule has 2 nitrogen and oxygen atoms in total. The van der Waals surface area contributed by atoms with Crippen LogP contribution in [0.2, 0.25) is 0 Å². The van der Waals surface area contributed by atoms with Gasteiger partial charge >= 0.3 is 6.18 Å². The standard InChI is InChI=1S/C5H3F3NO/c6-5(7,8)3-1-2-4(9)10-3/h1H,9H2. The van der Waals surface area contributed by atoms with Crippen molar-refractivity contribution < 1.29 is 17.6 Å². The number of nitrogen functional groups attached to an aromatic ring is 1. The number of furan rings is 1. The van der Waals surface area contributed by atoms with Crippen molar-refractivity contribution in [1.82, 2.24) is 0 Å². The van der Waals surface area contributed by atoms with Crippen molar-refractivity contribution in [2.24, 2.45) is 0 Å². The van der Waals surface area contributed by atoms with Crippen LogP contribution in [-0.2, 0) is 6.18 Å². The summed E-state index contributed by atoms with van der Waals surface area (Å²) in [5, 5.41) is 0. The van der Waals surface area contributed by atoms with E-state index in [9.17, 15) is 13.2 Å². The van der Waals surface area contributed by atoms with E-state index in [1.165, 1.54) is 0 Å². The minimum atomic E-state index is -4.46. The monoisotopic (exact) mass is 150 g/mol. The third-order valence-electron chi connectivity index (χ3n) is 0.845. The molecule has 1 heterocycles. The van der Waals surface area contributed by atoms with Crippen molar-refractivity contribution in [3.8, 4) is 0 Å². The highest BCUT2D eigenvalue weighted by molar-refractivity contribution is 5.24. The first-order valence-electron chi connectivity index (χ1n) is 2.34. The van der Waals surface area contributed by atoms with E-state index in [2.05, 4.69) is 10.5 Å². The van der Waals surface area contributed by atoms with Crippen LogP contribution in [0.4, 0.5) is 19.1 Å². The van der Waals surface area contributed by atoms with Crippen LogP contribution in [0.15, 0.2) is 10.5 Å². The second-order valence-electron chi connectivity index (χ2n) is 1.62. The average molecular weight is 150 g/mol. The topological polar surface area (TPSA) is 39.2 Å². The van der Waals surface area contributed by atoms with Gasteiger partial charge in [-0.1, -0.05) is 0 Å². The molecule has 0 bridgehead atoms. The first kappa shape index (κ1) is 6.98. The molecule has 0 spiro atoms. The predicted octanol–water partition coefficient (Wildman–Crippen LogP) is 1.68. The lowest BCUT2D eigenvalue weighted by Crippen LogP contribution is -2.02. The molecule has 5 heteroatoms. The van der Waals surface area contributed by atoms with Gasteiger partial charge in [-0.3, -0.25) is 0 Å². The van der Waals surface area contributed by atoms with Gasteiger partial charge in [-0.15, -0.1) is 0 Å². The average Bonchev–Trinajstić information content (AvgIpc) is 2.11. The Labute approximate surface area is 54.4 Å². The largest absolute Gasteiger partial charge is 0.449 e. The number of halogens is 3. The lowest BCUT2D eigenvalue weighted by Gasteiger charge is -1.98. The van der Waals surface area contributed by atoms with E-state index in [-0.39, 0.29) is 5.88 Å². The Morgan fingerprint density at radius 1 is 1.50 bits per heavy atom. The van der Waals surface area contributed by atoms with E-state index >= 15 is 0 Å². The summed E-state index contributed by atoms with van der Waals surface area (Å²) in [5.74, 6) is -1.47. The summed E-state index contributed by atoms with van der Waals surface area (Å²) in [4.78, 5) is 0. The van der Waals surface area contributed by atoms with E-state index in [1.54, 1.807) is 0 Å². The Balaban J connectivity index is 2.96. The van der Waals surface area contributed by atoms with E-state index in [1.807, 2.05) is 0 Å². The summed E-state index contributed by atoms with van der Waals surface area (Å²) < 4.78 is 38.9. The summed E-state index contributed by atoms with van der Waals surface area (Å²) in [7, 11) is 0. The zero-order valence-corrected chi connectivity index (χ0v) is 4.70. The van der Waals surface area contributed by atoms with Gasteiger partial charge in [0.1, 0.15) is 0 Å². The Morgan fingerprint density at radius 3 is 2.30 bits per heavy atom. The molecule has 0 aliphatic heterocycles. The molecule has 1 aromatic rings. The van der Waals surface area contributed by atoms with Crippen LogP contribution in [0, 0.1) is 6.07 Å². The molecule has 1 aromatic heterocycles. The number of alkyl halides is 3. The Morgan fingerprint density at radius 2 is 2.10 bits per heavy atom. The highest BCUT2D eigenvalue weighted by Gasteiger charge is 2.34. The third kappa shape index (κ3) is 1.23. The number of anilines is 1. The van der Waals surface area contributed by atoms with Crippen LogP contribution in [0.3, 0.4) is 0 Å². The molecule has 2 N–H and O–H groups in total. The van der Waals surface area contributed by atoms with Crippen molar-refractivity contribution in [2.75, 3.05) is 5.73 Å². The van der Waals surface area contributed by atoms with E-state index in [0.717, 1.165) is 0 Å². The van der Waals surface area contributed by atoms with Crippen molar-refractivity contribution >= 4 is 5.88 Å². The third-order valence-corrected chi connectivity index (χ3v) is 0.845. The molecular formula is C5H3F3NO. The molecule has 0 aliphatic rings. The summed E-state index contributed by atoms with van der Waals surface area (Å²) in [6.07, 6.45) is -4.46. The van der Waals surface area contributed by atoms with Gasteiger partial charge in [-0.25, -0.2) is 0 Å². The summed E-state index contributed by atoms with van der Waals surface area (Å²) >= 11 is 0.